The summed E-state index contributed by atoms with van der Waals surface area (Å²) in [4.78, 5) is 16.6. The van der Waals surface area contributed by atoms with E-state index in [4.69, 9.17) is 21.3 Å². The molecule has 0 amide bonds. The van der Waals surface area contributed by atoms with Gasteiger partial charge in [-0.05, 0) is 49.7 Å². The van der Waals surface area contributed by atoms with E-state index in [0.717, 1.165) is 33.5 Å². The van der Waals surface area contributed by atoms with E-state index in [2.05, 4.69) is 11.5 Å². The van der Waals surface area contributed by atoms with Gasteiger partial charge in [-0.25, -0.2) is 9.78 Å². The molecule has 0 atom stereocenters. The molecule has 26 heavy (non-hydrogen) atoms. The number of hydrogen-bond acceptors (Lipinski definition) is 4. The molecule has 2 aromatic carbocycles. The topological polar surface area (TPSA) is 44.1 Å². The molecule has 0 aliphatic rings. The standard InChI is InChI=1S/C19H19ClN2O2S.ClH/c1-3-22-17-10-7-14(18(23)24-4-2)11-16(17)21-19(22)25-12-13-5-8-15(20)9-6-13;/h5-11H,3-4,12H2,1-2H3;1H. The van der Waals surface area contributed by atoms with Crippen LogP contribution in [0, 0.1) is 0 Å². The van der Waals surface area contributed by atoms with Crippen LogP contribution >= 0.6 is 35.8 Å². The lowest BCUT2D eigenvalue weighted by Gasteiger charge is -2.06. The number of rotatable bonds is 6. The van der Waals surface area contributed by atoms with Crippen LogP contribution in [-0.2, 0) is 17.0 Å². The Balaban J connectivity index is 0.00000243. The summed E-state index contributed by atoms with van der Waals surface area (Å²) in [6, 6.07) is 13.4. The van der Waals surface area contributed by atoms with Crippen LogP contribution < -0.4 is 0 Å². The summed E-state index contributed by atoms with van der Waals surface area (Å²) < 4.78 is 7.22. The number of fused-ring (bicyclic) bond motifs is 1. The van der Waals surface area contributed by atoms with E-state index in [0.29, 0.717) is 12.2 Å². The Morgan fingerprint density at radius 1 is 1.19 bits per heavy atom. The Kier molecular flexibility index (Phi) is 7.38. The van der Waals surface area contributed by atoms with Gasteiger partial charge in [0, 0.05) is 17.3 Å². The maximum absolute atomic E-state index is 11.9. The number of aryl methyl sites for hydroxylation is 1. The minimum Gasteiger partial charge on any atom is -0.462 e. The number of ether oxygens (including phenoxy) is 1. The number of imidazole rings is 1. The summed E-state index contributed by atoms with van der Waals surface area (Å²) in [5, 5.41) is 1.68. The van der Waals surface area contributed by atoms with Gasteiger partial charge in [0.1, 0.15) is 0 Å². The monoisotopic (exact) mass is 410 g/mol. The first-order valence-corrected chi connectivity index (χ1v) is 9.53. The molecule has 0 aliphatic heterocycles. The van der Waals surface area contributed by atoms with Crippen molar-refractivity contribution in [2.24, 2.45) is 0 Å². The molecule has 3 aromatic rings. The second-order valence-electron chi connectivity index (χ2n) is 5.48. The van der Waals surface area contributed by atoms with Crippen molar-refractivity contribution in [3.05, 3.63) is 58.6 Å². The molecular formula is C19H20Cl2N2O2S. The van der Waals surface area contributed by atoms with Crippen molar-refractivity contribution in [2.45, 2.75) is 31.3 Å². The normalized spacial score (nSPS) is 10.6. The number of thioether (sulfide) groups is 1. The van der Waals surface area contributed by atoms with Crippen molar-refractivity contribution in [1.82, 2.24) is 9.55 Å². The van der Waals surface area contributed by atoms with Crippen molar-refractivity contribution < 1.29 is 9.53 Å². The van der Waals surface area contributed by atoms with Crippen LogP contribution in [0.1, 0.15) is 29.8 Å². The van der Waals surface area contributed by atoms with Gasteiger partial charge >= 0.3 is 5.97 Å². The zero-order valence-electron chi connectivity index (χ0n) is 14.6. The van der Waals surface area contributed by atoms with Crippen LogP contribution in [0.15, 0.2) is 47.6 Å². The number of hydrogen-bond donors (Lipinski definition) is 0. The molecular weight excluding hydrogens is 391 g/mol. The van der Waals surface area contributed by atoms with Crippen molar-refractivity contribution in [3.8, 4) is 0 Å². The zero-order chi connectivity index (χ0) is 17.8. The number of nitrogens with zero attached hydrogens (tertiary/aromatic N) is 2. The van der Waals surface area contributed by atoms with Gasteiger partial charge in [0.2, 0.25) is 0 Å². The second-order valence-corrected chi connectivity index (χ2v) is 6.86. The van der Waals surface area contributed by atoms with E-state index in [1.54, 1.807) is 30.8 Å². The van der Waals surface area contributed by atoms with Crippen LogP contribution in [0.4, 0.5) is 0 Å². The first kappa shape index (κ1) is 20.6. The van der Waals surface area contributed by atoms with Crippen molar-refractivity contribution in [2.75, 3.05) is 6.61 Å². The smallest absolute Gasteiger partial charge is 0.338 e. The Bertz CT molecular complexity index is 894. The SMILES string of the molecule is CCOC(=O)c1ccc2c(c1)nc(SCc1ccc(Cl)cc1)n2CC.Cl. The maximum atomic E-state index is 11.9. The van der Waals surface area contributed by atoms with Crippen LogP contribution in [0.25, 0.3) is 11.0 Å². The molecule has 0 saturated heterocycles. The first-order valence-electron chi connectivity index (χ1n) is 8.17. The fourth-order valence-electron chi connectivity index (χ4n) is 2.59. The molecule has 1 heterocycles. The second kappa shape index (κ2) is 9.31. The predicted octanol–water partition coefficient (Wildman–Crippen LogP) is 5.60. The van der Waals surface area contributed by atoms with Gasteiger partial charge in [-0.3, -0.25) is 0 Å². The highest BCUT2D eigenvalue weighted by atomic mass is 35.5. The van der Waals surface area contributed by atoms with E-state index in [9.17, 15) is 4.79 Å². The summed E-state index contributed by atoms with van der Waals surface area (Å²) in [6.45, 7) is 5.07. The van der Waals surface area contributed by atoms with Gasteiger partial charge in [-0.2, -0.15) is 0 Å². The molecule has 1 aromatic heterocycles. The Morgan fingerprint density at radius 3 is 2.58 bits per heavy atom. The Labute approximate surface area is 168 Å². The van der Waals surface area contributed by atoms with Crippen LogP contribution in [0.2, 0.25) is 5.02 Å². The summed E-state index contributed by atoms with van der Waals surface area (Å²) in [7, 11) is 0. The first-order chi connectivity index (χ1) is 12.1. The van der Waals surface area contributed by atoms with E-state index >= 15 is 0 Å². The molecule has 0 aliphatic carbocycles. The Hall–Kier alpha value is -1.69. The third-order valence-electron chi connectivity index (χ3n) is 3.82. The summed E-state index contributed by atoms with van der Waals surface area (Å²) in [5.41, 5.74) is 3.56. The average molecular weight is 411 g/mol. The number of halogens is 2. The molecule has 0 bridgehead atoms. The number of carbonyl (C=O) groups excluding carboxylic acids is 1. The van der Waals surface area contributed by atoms with Gasteiger partial charge in [0.25, 0.3) is 0 Å². The molecule has 0 N–H and O–H groups in total. The molecule has 0 saturated carbocycles. The maximum Gasteiger partial charge on any atom is 0.338 e. The highest BCUT2D eigenvalue weighted by Gasteiger charge is 2.14. The molecule has 138 valence electrons. The molecule has 0 unspecified atom stereocenters. The molecule has 7 heteroatoms. The fraction of sp³-hybridized carbons (Fsp3) is 0.263. The lowest BCUT2D eigenvalue weighted by atomic mass is 10.2. The minimum absolute atomic E-state index is 0. The average Bonchev–Trinajstić information content (AvgIpc) is 2.98. The van der Waals surface area contributed by atoms with Crippen LogP contribution in [0.3, 0.4) is 0 Å². The fourth-order valence-corrected chi connectivity index (χ4v) is 3.75. The quantitative estimate of drug-likeness (QED) is 0.391. The lowest BCUT2D eigenvalue weighted by Crippen LogP contribution is -2.04. The van der Waals surface area contributed by atoms with Crippen LogP contribution in [0.5, 0.6) is 0 Å². The van der Waals surface area contributed by atoms with Gasteiger partial charge in [0.15, 0.2) is 5.16 Å². The van der Waals surface area contributed by atoms with Gasteiger partial charge < -0.3 is 9.30 Å². The lowest BCUT2D eigenvalue weighted by molar-refractivity contribution is 0.0526. The van der Waals surface area contributed by atoms with E-state index in [1.807, 2.05) is 30.3 Å². The molecule has 4 nitrogen and oxygen atoms in total. The van der Waals surface area contributed by atoms with E-state index < -0.39 is 0 Å². The largest absolute Gasteiger partial charge is 0.462 e. The zero-order valence-corrected chi connectivity index (χ0v) is 17.0. The number of benzene rings is 2. The third kappa shape index (κ3) is 4.53. The van der Waals surface area contributed by atoms with Crippen LogP contribution in [-0.4, -0.2) is 22.1 Å². The van der Waals surface area contributed by atoms with Gasteiger partial charge in [-0.1, -0.05) is 35.5 Å². The predicted molar refractivity (Wildman–Crippen MR) is 110 cm³/mol. The third-order valence-corrected chi connectivity index (χ3v) is 5.12. The minimum atomic E-state index is -0.314. The summed E-state index contributed by atoms with van der Waals surface area (Å²) in [6.07, 6.45) is 0. The summed E-state index contributed by atoms with van der Waals surface area (Å²) >= 11 is 7.61. The highest BCUT2D eigenvalue weighted by molar-refractivity contribution is 7.98. The number of aromatic nitrogens is 2. The summed E-state index contributed by atoms with van der Waals surface area (Å²) in [5.74, 6) is 0.497. The molecule has 0 spiro atoms. The van der Waals surface area contributed by atoms with Crippen molar-refractivity contribution in [1.29, 1.82) is 0 Å². The highest BCUT2D eigenvalue weighted by Crippen LogP contribution is 2.28. The van der Waals surface area contributed by atoms with Gasteiger partial charge in [0.05, 0.1) is 23.2 Å². The Morgan fingerprint density at radius 2 is 1.92 bits per heavy atom. The molecule has 0 fully saturated rings. The van der Waals surface area contributed by atoms with E-state index in [1.165, 1.54) is 5.56 Å². The van der Waals surface area contributed by atoms with Crippen molar-refractivity contribution in [3.63, 3.8) is 0 Å². The van der Waals surface area contributed by atoms with E-state index in [-0.39, 0.29) is 18.4 Å². The number of esters is 1. The molecule has 0 radical (unpaired) electrons. The van der Waals surface area contributed by atoms with Crippen molar-refractivity contribution >= 4 is 52.8 Å². The number of carbonyl (C=O) groups is 1. The molecule has 3 rings (SSSR count). The van der Waals surface area contributed by atoms with Gasteiger partial charge in [-0.15, -0.1) is 12.4 Å².